The van der Waals surface area contributed by atoms with Gasteiger partial charge in [-0.2, -0.15) is 0 Å². The van der Waals surface area contributed by atoms with Gasteiger partial charge < -0.3 is 0 Å². The van der Waals surface area contributed by atoms with Gasteiger partial charge in [0.25, 0.3) is 0 Å². The lowest BCUT2D eigenvalue weighted by Crippen LogP contribution is -1.39. The number of rotatable bonds is 1. The first-order valence-corrected chi connectivity index (χ1v) is 3.33. The van der Waals surface area contributed by atoms with Crippen molar-refractivity contribution < 1.29 is 4.57 Å². The van der Waals surface area contributed by atoms with Gasteiger partial charge >= 0.3 is 7.95 Å². The number of thiocarbonyl (C=S) groups is 1. The predicted octanol–water partition coefficient (Wildman–Crippen LogP) is 1.46. The summed E-state index contributed by atoms with van der Waals surface area (Å²) in [5.74, 6) is 0. The zero-order chi connectivity index (χ0) is 4.99. The molecule has 0 radical (unpaired) electrons. The number of hydrogen-bond donors (Lipinski definition) is 0. The van der Waals surface area contributed by atoms with Gasteiger partial charge in [0.2, 0.25) is 0 Å². The lowest BCUT2D eigenvalue weighted by Gasteiger charge is -1.44. The molecule has 0 fully saturated rings. The molecule has 2 nitrogen and oxygen atoms in total. The summed E-state index contributed by atoms with van der Waals surface area (Å²) in [6.07, 6.45) is 0. The fourth-order valence-corrected chi connectivity index (χ4v) is 0.517. The van der Waals surface area contributed by atoms with Gasteiger partial charge in [-0.15, -0.1) is 0 Å². The van der Waals surface area contributed by atoms with Gasteiger partial charge in [-0.3, -0.25) is 0 Å². The first kappa shape index (κ1) is 5.90. The van der Waals surface area contributed by atoms with Crippen LogP contribution in [0.25, 0.3) is 0 Å². The van der Waals surface area contributed by atoms with Crippen LogP contribution in [0.3, 0.4) is 0 Å². The molecular formula is C2H3NOPS+. The third-order valence-corrected chi connectivity index (χ3v) is 0.790. The molecule has 0 spiro atoms. The largest absolute Gasteiger partial charge is 0.491 e. The second-order valence-electron chi connectivity index (χ2n) is 0.656. The molecular weight excluding hydrogens is 117 g/mol. The van der Waals surface area contributed by atoms with Crippen LogP contribution in [0.4, 0.5) is 0 Å². The smallest absolute Gasteiger partial charge is 0.0411 e. The van der Waals surface area contributed by atoms with E-state index >= 15 is 0 Å². The van der Waals surface area contributed by atoms with Crippen LogP contribution in [0.1, 0.15) is 0 Å². The van der Waals surface area contributed by atoms with Crippen molar-refractivity contribution in [3.63, 3.8) is 0 Å². The second kappa shape index (κ2) is 3.10. The quantitative estimate of drug-likeness (QED) is 0.298. The number of hydrogen-bond acceptors (Lipinski definition) is 2. The van der Waals surface area contributed by atoms with E-state index in [4.69, 9.17) is 0 Å². The van der Waals surface area contributed by atoms with E-state index in [1.807, 2.05) is 5.16 Å². The molecule has 0 N–H and O–H groups in total. The lowest BCUT2D eigenvalue weighted by molar-refractivity contribution is 0.592. The van der Waals surface area contributed by atoms with Crippen LogP contribution in [0.5, 0.6) is 0 Å². The fraction of sp³-hybridized carbons (Fsp3) is 0.500. The maximum Gasteiger partial charge on any atom is 0.491 e. The Balaban J connectivity index is 3.60. The summed E-state index contributed by atoms with van der Waals surface area (Å²) in [7, 11) is -1.44. The zero-order valence-electron chi connectivity index (χ0n) is 3.21. The summed E-state index contributed by atoms with van der Waals surface area (Å²) in [5, 5.41) is 1.99. The molecule has 0 bridgehead atoms. The Morgan fingerprint density at radius 3 is 2.50 bits per heavy atom. The second-order valence-corrected chi connectivity index (χ2v) is 1.97. The zero-order valence-corrected chi connectivity index (χ0v) is 4.92. The Labute approximate surface area is 42.1 Å². The van der Waals surface area contributed by atoms with E-state index in [1.165, 1.54) is 6.66 Å². The minimum absolute atomic E-state index is 1.44. The standard InChI is InChI=1S/C2H3NOPS/c1-5(4)3-2-6/h1H3/q+1. The maximum absolute atomic E-state index is 9.90. The van der Waals surface area contributed by atoms with Crippen LogP contribution in [-0.2, 0) is 4.57 Å². The average Bonchev–Trinajstić information content (AvgIpc) is 1.35. The Morgan fingerprint density at radius 2 is 2.50 bits per heavy atom. The van der Waals surface area contributed by atoms with Crippen LogP contribution in [0.15, 0.2) is 4.76 Å². The summed E-state index contributed by atoms with van der Waals surface area (Å²) < 4.78 is 13.1. The molecule has 0 aliphatic rings. The van der Waals surface area contributed by atoms with Gasteiger partial charge in [0.15, 0.2) is 6.66 Å². The molecule has 0 saturated heterocycles. The lowest BCUT2D eigenvalue weighted by atomic mass is 11.8. The SMILES string of the molecule is C[P+](=O)N=C=S. The summed E-state index contributed by atoms with van der Waals surface area (Å²) in [6.45, 7) is 1.47. The molecule has 0 rings (SSSR count). The fourth-order valence-electron chi connectivity index (χ4n) is 0.0575. The van der Waals surface area contributed by atoms with Crippen LogP contribution in [0.2, 0.25) is 0 Å². The van der Waals surface area contributed by atoms with E-state index in [2.05, 4.69) is 17.0 Å². The highest BCUT2D eigenvalue weighted by molar-refractivity contribution is 7.78. The molecule has 0 saturated carbocycles. The Morgan fingerprint density at radius 1 is 2.00 bits per heavy atom. The minimum Gasteiger partial charge on any atom is -0.0411 e. The Kier molecular flexibility index (Phi) is 3.05. The van der Waals surface area contributed by atoms with Gasteiger partial charge in [-0.25, -0.2) is 0 Å². The highest BCUT2D eigenvalue weighted by atomic mass is 32.1. The van der Waals surface area contributed by atoms with Gasteiger partial charge in [0.05, 0.1) is 0 Å². The van der Waals surface area contributed by atoms with Crippen molar-refractivity contribution >= 4 is 25.3 Å². The van der Waals surface area contributed by atoms with Crippen molar-refractivity contribution in [1.29, 1.82) is 0 Å². The molecule has 1 atom stereocenters. The average molecular weight is 120 g/mol. The molecule has 32 valence electrons. The first-order chi connectivity index (χ1) is 2.77. The van der Waals surface area contributed by atoms with Gasteiger partial charge in [-0.1, -0.05) is 0 Å². The minimum atomic E-state index is -1.44. The normalized spacial score (nSPS) is 9.17. The van der Waals surface area contributed by atoms with Gasteiger partial charge in [-0.05, 0) is 16.8 Å². The molecule has 0 aliphatic heterocycles. The van der Waals surface area contributed by atoms with Crippen molar-refractivity contribution in [3.05, 3.63) is 0 Å². The van der Waals surface area contributed by atoms with E-state index in [0.29, 0.717) is 0 Å². The summed E-state index contributed by atoms with van der Waals surface area (Å²) in [6, 6.07) is 0. The van der Waals surface area contributed by atoms with Crippen molar-refractivity contribution in [3.8, 4) is 0 Å². The first-order valence-electron chi connectivity index (χ1n) is 1.26. The van der Waals surface area contributed by atoms with Crippen LogP contribution >= 0.6 is 20.2 Å². The molecule has 4 heteroatoms. The third kappa shape index (κ3) is 3.90. The van der Waals surface area contributed by atoms with E-state index in [9.17, 15) is 4.57 Å². The summed E-state index contributed by atoms with van der Waals surface area (Å²) in [4.78, 5) is 0. The van der Waals surface area contributed by atoms with Crippen LogP contribution < -0.4 is 0 Å². The van der Waals surface area contributed by atoms with Crippen molar-refractivity contribution in [2.24, 2.45) is 4.76 Å². The highest BCUT2D eigenvalue weighted by Gasteiger charge is 1.94. The molecule has 1 unspecified atom stereocenters. The maximum atomic E-state index is 9.90. The third-order valence-electron chi connectivity index (χ3n) is 0.182. The predicted molar refractivity (Wildman–Crippen MR) is 28.6 cm³/mol. The molecule has 0 aromatic rings. The summed E-state index contributed by atoms with van der Waals surface area (Å²) >= 11 is 4.13. The van der Waals surface area contributed by atoms with Crippen molar-refractivity contribution in [2.75, 3.05) is 6.66 Å². The molecule has 0 aromatic carbocycles. The van der Waals surface area contributed by atoms with Crippen molar-refractivity contribution in [1.82, 2.24) is 0 Å². The molecule has 0 heterocycles. The van der Waals surface area contributed by atoms with Crippen molar-refractivity contribution in [2.45, 2.75) is 0 Å². The molecule has 0 aromatic heterocycles. The van der Waals surface area contributed by atoms with Gasteiger partial charge in [0.1, 0.15) is 5.16 Å². The molecule has 0 aliphatic carbocycles. The monoisotopic (exact) mass is 120 g/mol. The summed E-state index contributed by atoms with van der Waals surface area (Å²) in [5.41, 5.74) is 0. The molecule has 6 heavy (non-hydrogen) atoms. The molecule has 0 amide bonds. The van der Waals surface area contributed by atoms with E-state index < -0.39 is 7.95 Å². The van der Waals surface area contributed by atoms with Crippen LogP contribution in [-0.4, -0.2) is 11.8 Å². The topological polar surface area (TPSA) is 29.4 Å². The van der Waals surface area contributed by atoms with Crippen LogP contribution in [0, 0.1) is 0 Å². The number of isothiocyanates is 1. The van der Waals surface area contributed by atoms with E-state index in [0.717, 1.165) is 0 Å². The van der Waals surface area contributed by atoms with Gasteiger partial charge in [0, 0.05) is 4.76 Å². The van der Waals surface area contributed by atoms with E-state index in [1.54, 1.807) is 0 Å². The number of nitrogens with zero attached hydrogens (tertiary/aromatic N) is 1. The Hall–Kier alpha value is -0.100. The highest BCUT2D eigenvalue weighted by Crippen LogP contribution is 2.11. The van der Waals surface area contributed by atoms with E-state index in [-0.39, 0.29) is 0 Å². The Bertz CT molecular complexity index is 106.